The molecule has 2 aliphatic rings. The first-order chi connectivity index (χ1) is 14.6. The lowest BCUT2D eigenvalue weighted by Crippen LogP contribution is -2.42. The largest absolute Gasteiger partial charge is 0.507 e. The Balaban J connectivity index is 1.67. The quantitative estimate of drug-likeness (QED) is 0.433. The van der Waals surface area contributed by atoms with Crippen LogP contribution < -0.4 is 4.74 Å². The number of benzene rings is 1. The number of methoxy groups -OCH3 is 1. The molecule has 2 aliphatic heterocycles. The summed E-state index contributed by atoms with van der Waals surface area (Å²) in [7, 11) is 1.56. The van der Waals surface area contributed by atoms with Gasteiger partial charge in [0, 0.05) is 36.6 Å². The van der Waals surface area contributed by atoms with Crippen molar-refractivity contribution in [2.75, 3.05) is 46.5 Å². The fraction of sp³-hybridized carbons (Fsp3) is 0.364. The number of thiophene rings is 1. The van der Waals surface area contributed by atoms with Gasteiger partial charge in [-0.15, -0.1) is 11.3 Å². The van der Waals surface area contributed by atoms with Crippen molar-refractivity contribution in [3.05, 3.63) is 57.8 Å². The zero-order valence-corrected chi connectivity index (χ0v) is 17.6. The van der Waals surface area contributed by atoms with Crippen molar-refractivity contribution in [1.82, 2.24) is 9.80 Å². The molecule has 3 heterocycles. The Kier molecular flexibility index (Phi) is 6.17. The molecule has 8 heteroatoms. The molecule has 2 aromatic rings. The van der Waals surface area contributed by atoms with Crippen LogP contribution in [0, 0.1) is 0 Å². The maximum atomic E-state index is 12.9. The van der Waals surface area contributed by atoms with Gasteiger partial charge in [-0.3, -0.25) is 14.5 Å². The first-order valence-corrected chi connectivity index (χ1v) is 10.7. The predicted molar refractivity (Wildman–Crippen MR) is 114 cm³/mol. The molecule has 1 aromatic carbocycles. The Morgan fingerprint density at radius 3 is 2.53 bits per heavy atom. The van der Waals surface area contributed by atoms with Crippen molar-refractivity contribution < 1.29 is 24.2 Å². The Morgan fingerprint density at radius 1 is 1.17 bits per heavy atom. The highest BCUT2D eigenvalue weighted by atomic mass is 32.1. The molecule has 1 unspecified atom stereocenters. The lowest BCUT2D eigenvalue weighted by molar-refractivity contribution is -0.140. The highest BCUT2D eigenvalue weighted by Gasteiger charge is 2.46. The van der Waals surface area contributed by atoms with Crippen LogP contribution in [0.3, 0.4) is 0 Å². The number of amides is 1. The molecule has 2 fully saturated rings. The molecule has 0 saturated carbocycles. The van der Waals surface area contributed by atoms with Crippen LogP contribution >= 0.6 is 11.3 Å². The van der Waals surface area contributed by atoms with E-state index in [0.717, 1.165) is 18.0 Å². The number of hydrogen-bond donors (Lipinski definition) is 1. The Hall–Kier alpha value is -2.68. The molecule has 30 heavy (non-hydrogen) atoms. The standard InChI is InChI=1S/C22H24N2O5S/c1-28-16-6-4-15(5-7-16)20(25)18-19(17-3-2-14-30-17)24(22(27)21(18)26)9-8-23-10-12-29-13-11-23/h2-7,14,19,25H,8-13H2,1H3/b20-18+. The molecule has 0 bridgehead atoms. The van der Waals surface area contributed by atoms with E-state index < -0.39 is 17.7 Å². The topological polar surface area (TPSA) is 79.3 Å². The van der Waals surface area contributed by atoms with Gasteiger partial charge in [-0.2, -0.15) is 0 Å². The van der Waals surface area contributed by atoms with Gasteiger partial charge in [0.25, 0.3) is 11.7 Å². The Morgan fingerprint density at radius 2 is 1.90 bits per heavy atom. The third-order valence-electron chi connectivity index (χ3n) is 5.48. The molecule has 158 valence electrons. The number of ketones is 1. The molecular formula is C22H24N2O5S. The van der Waals surface area contributed by atoms with Crippen molar-refractivity contribution in [3.63, 3.8) is 0 Å². The van der Waals surface area contributed by atoms with E-state index in [1.807, 2.05) is 17.5 Å². The van der Waals surface area contributed by atoms with Gasteiger partial charge in [-0.1, -0.05) is 6.07 Å². The molecular weight excluding hydrogens is 404 g/mol. The van der Waals surface area contributed by atoms with E-state index >= 15 is 0 Å². The van der Waals surface area contributed by atoms with Crippen LogP contribution in [-0.2, 0) is 14.3 Å². The molecule has 4 rings (SSSR count). The van der Waals surface area contributed by atoms with E-state index in [2.05, 4.69) is 4.90 Å². The van der Waals surface area contributed by atoms with Crippen molar-refractivity contribution in [3.8, 4) is 5.75 Å². The fourth-order valence-electron chi connectivity index (χ4n) is 3.83. The summed E-state index contributed by atoms with van der Waals surface area (Å²) < 4.78 is 10.5. The maximum Gasteiger partial charge on any atom is 0.295 e. The SMILES string of the molecule is COc1ccc(/C(O)=C2\C(=O)C(=O)N(CCN3CCOCC3)C2c2cccs2)cc1. The zero-order chi connectivity index (χ0) is 21.1. The molecule has 0 aliphatic carbocycles. The highest BCUT2D eigenvalue weighted by molar-refractivity contribution is 7.10. The second-order valence-corrected chi connectivity index (χ2v) is 8.17. The van der Waals surface area contributed by atoms with E-state index in [1.165, 1.54) is 11.3 Å². The number of ether oxygens (including phenoxy) is 2. The summed E-state index contributed by atoms with van der Waals surface area (Å²) in [5.41, 5.74) is 0.609. The zero-order valence-electron chi connectivity index (χ0n) is 16.7. The number of carbonyl (C=O) groups excluding carboxylic acids is 2. The number of carbonyl (C=O) groups is 2. The summed E-state index contributed by atoms with van der Waals surface area (Å²) in [5.74, 6) is -0.740. The molecule has 1 aromatic heterocycles. The summed E-state index contributed by atoms with van der Waals surface area (Å²) in [6, 6.07) is 9.97. The number of likely N-dealkylation sites (tertiary alicyclic amines) is 1. The van der Waals surface area contributed by atoms with Crippen LogP contribution in [0.25, 0.3) is 5.76 Å². The highest BCUT2D eigenvalue weighted by Crippen LogP contribution is 2.41. The number of aliphatic hydroxyl groups is 1. The monoisotopic (exact) mass is 428 g/mol. The number of morpholine rings is 1. The average Bonchev–Trinajstić information content (AvgIpc) is 3.40. The van der Waals surface area contributed by atoms with Gasteiger partial charge in [0.15, 0.2) is 0 Å². The molecule has 1 atom stereocenters. The summed E-state index contributed by atoms with van der Waals surface area (Å²) in [4.78, 5) is 30.5. The maximum absolute atomic E-state index is 12.9. The van der Waals surface area contributed by atoms with E-state index in [4.69, 9.17) is 9.47 Å². The first kappa shape index (κ1) is 20.6. The van der Waals surface area contributed by atoms with Gasteiger partial charge < -0.3 is 19.5 Å². The van der Waals surface area contributed by atoms with Gasteiger partial charge in [0.1, 0.15) is 11.5 Å². The predicted octanol–water partition coefficient (Wildman–Crippen LogP) is 2.51. The second-order valence-electron chi connectivity index (χ2n) is 7.19. The van der Waals surface area contributed by atoms with Gasteiger partial charge in [0.2, 0.25) is 0 Å². The minimum absolute atomic E-state index is 0.134. The molecule has 2 saturated heterocycles. The first-order valence-electron chi connectivity index (χ1n) is 9.86. The normalized spacial score (nSPS) is 21.9. The number of rotatable bonds is 6. The molecule has 0 spiro atoms. The van der Waals surface area contributed by atoms with Crippen LogP contribution in [0.5, 0.6) is 5.75 Å². The molecule has 1 amide bonds. The van der Waals surface area contributed by atoms with Crippen molar-refractivity contribution >= 4 is 28.8 Å². The summed E-state index contributed by atoms with van der Waals surface area (Å²) in [5, 5.41) is 12.9. The Bertz CT molecular complexity index is 933. The van der Waals surface area contributed by atoms with Gasteiger partial charge in [0.05, 0.1) is 31.9 Å². The van der Waals surface area contributed by atoms with Gasteiger partial charge >= 0.3 is 0 Å². The van der Waals surface area contributed by atoms with Gasteiger partial charge in [-0.05, 0) is 35.7 Å². The van der Waals surface area contributed by atoms with Crippen LogP contribution in [0.4, 0.5) is 0 Å². The van der Waals surface area contributed by atoms with Crippen LogP contribution in [0.2, 0.25) is 0 Å². The summed E-state index contributed by atoms with van der Waals surface area (Å²) >= 11 is 1.47. The van der Waals surface area contributed by atoms with E-state index in [9.17, 15) is 14.7 Å². The lowest BCUT2D eigenvalue weighted by Gasteiger charge is -2.30. The average molecular weight is 429 g/mol. The number of nitrogens with zero attached hydrogens (tertiary/aromatic N) is 2. The molecule has 1 N–H and O–H groups in total. The number of hydrogen-bond acceptors (Lipinski definition) is 7. The van der Waals surface area contributed by atoms with Crippen LogP contribution in [-0.4, -0.2) is 73.1 Å². The van der Waals surface area contributed by atoms with E-state index in [0.29, 0.717) is 37.6 Å². The van der Waals surface area contributed by atoms with Crippen molar-refractivity contribution in [2.24, 2.45) is 0 Å². The van der Waals surface area contributed by atoms with Crippen molar-refractivity contribution in [2.45, 2.75) is 6.04 Å². The molecule has 7 nitrogen and oxygen atoms in total. The van der Waals surface area contributed by atoms with Crippen LogP contribution in [0.15, 0.2) is 47.4 Å². The second kappa shape index (κ2) is 8.99. The molecule has 0 radical (unpaired) electrons. The summed E-state index contributed by atoms with van der Waals surface area (Å²) in [6.07, 6.45) is 0. The smallest absolute Gasteiger partial charge is 0.295 e. The number of aliphatic hydroxyl groups excluding tert-OH is 1. The lowest BCUT2D eigenvalue weighted by atomic mass is 10.00. The Labute approximate surface area is 179 Å². The van der Waals surface area contributed by atoms with E-state index in [1.54, 1.807) is 36.3 Å². The third-order valence-corrected chi connectivity index (χ3v) is 6.40. The summed E-state index contributed by atoms with van der Waals surface area (Å²) in [6.45, 7) is 4.02. The van der Waals surface area contributed by atoms with Gasteiger partial charge in [-0.25, -0.2) is 0 Å². The van der Waals surface area contributed by atoms with E-state index in [-0.39, 0.29) is 11.3 Å². The van der Waals surface area contributed by atoms with Crippen molar-refractivity contribution in [1.29, 1.82) is 0 Å². The minimum atomic E-state index is -0.649. The fourth-order valence-corrected chi connectivity index (χ4v) is 4.68. The number of Topliss-reactive ketones (excluding diaryl/α,β-unsaturated/α-hetero) is 1. The third kappa shape index (κ3) is 3.98. The minimum Gasteiger partial charge on any atom is -0.507 e. The van der Waals surface area contributed by atoms with Crippen LogP contribution in [0.1, 0.15) is 16.5 Å².